The van der Waals surface area contributed by atoms with Crippen LogP contribution in [0.5, 0.6) is 0 Å². The van der Waals surface area contributed by atoms with Gasteiger partial charge < -0.3 is 10.3 Å². The largest absolute Gasteiger partial charge is 0.325 e. The number of benzene rings is 2. The number of sulfone groups is 1. The number of thioether (sulfide) groups is 1. The van der Waals surface area contributed by atoms with Crippen molar-refractivity contribution in [2.45, 2.75) is 35.2 Å². The Morgan fingerprint density at radius 3 is 2.52 bits per heavy atom. The van der Waals surface area contributed by atoms with Crippen molar-refractivity contribution in [3.63, 3.8) is 0 Å². The van der Waals surface area contributed by atoms with E-state index in [-0.39, 0.29) is 21.7 Å². The van der Waals surface area contributed by atoms with Gasteiger partial charge in [-0.3, -0.25) is 9.59 Å². The minimum Gasteiger partial charge on any atom is -0.325 e. The summed E-state index contributed by atoms with van der Waals surface area (Å²) < 4.78 is 25.5. The molecule has 0 unspecified atom stereocenters. The predicted molar refractivity (Wildman–Crippen MR) is 122 cm³/mol. The molecule has 3 rings (SSSR count). The second-order valence-corrected chi connectivity index (χ2v) is 9.97. The number of aryl methyl sites for hydroxylation is 2. The van der Waals surface area contributed by atoms with Gasteiger partial charge in [-0.1, -0.05) is 48.5 Å². The zero-order valence-corrected chi connectivity index (χ0v) is 19.2. The van der Waals surface area contributed by atoms with E-state index in [1.165, 1.54) is 12.1 Å². The number of H-pyrrole nitrogens is 1. The molecule has 0 aliphatic heterocycles. The number of halogens is 1. The molecule has 0 radical (unpaired) electrons. The summed E-state index contributed by atoms with van der Waals surface area (Å²) >= 11 is 7.03. The van der Waals surface area contributed by atoms with E-state index < -0.39 is 20.3 Å². The Balaban J connectivity index is 1.69. The molecule has 0 saturated heterocycles. The van der Waals surface area contributed by atoms with Gasteiger partial charge in [-0.05, 0) is 48.7 Å². The van der Waals surface area contributed by atoms with Crippen LogP contribution in [0.4, 0.5) is 5.69 Å². The first-order chi connectivity index (χ1) is 14.7. The van der Waals surface area contributed by atoms with Gasteiger partial charge in [0.05, 0.1) is 16.8 Å². The highest BCUT2D eigenvalue weighted by atomic mass is 35.5. The molecule has 0 bridgehead atoms. The summed E-state index contributed by atoms with van der Waals surface area (Å²) in [5.41, 5.74) is 1.65. The molecule has 31 heavy (non-hydrogen) atoms. The number of hydrogen-bond acceptors (Lipinski definition) is 6. The number of nitrogens with one attached hydrogen (secondary N) is 2. The maximum Gasteiger partial charge on any atom is 0.270 e. The number of aromatic amines is 1. The highest BCUT2D eigenvalue weighted by Crippen LogP contribution is 2.21. The lowest BCUT2D eigenvalue weighted by molar-refractivity contribution is -0.113. The van der Waals surface area contributed by atoms with Crippen molar-refractivity contribution in [2.24, 2.45) is 0 Å². The smallest absolute Gasteiger partial charge is 0.270 e. The van der Waals surface area contributed by atoms with Crippen LogP contribution in [0.1, 0.15) is 18.1 Å². The number of aromatic nitrogens is 2. The second kappa shape index (κ2) is 9.67. The fourth-order valence-electron chi connectivity index (χ4n) is 2.66. The standard InChI is InChI=1S/C21H20ClN3O4S2/c1-3-14-5-8-16(9-6-14)31(28,29)18-11-23-21(25-20(18)27)30-12-19(26)24-15-7-4-13(2)17(22)10-15/h4-11H,3,12H2,1-2H3,(H,24,26)(H,23,25,27). The van der Waals surface area contributed by atoms with Crippen molar-refractivity contribution in [1.82, 2.24) is 9.97 Å². The topological polar surface area (TPSA) is 109 Å². The Labute approximate surface area is 189 Å². The Bertz CT molecular complexity index is 1270. The number of rotatable bonds is 7. The van der Waals surface area contributed by atoms with Gasteiger partial charge >= 0.3 is 0 Å². The monoisotopic (exact) mass is 477 g/mol. The molecule has 7 nitrogen and oxygen atoms in total. The van der Waals surface area contributed by atoms with Gasteiger partial charge in [0.1, 0.15) is 0 Å². The van der Waals surface area contributed by atoms with E-state index in [0.29, 0.717) is 10.7 Å². The van der Waals surface area contributed by atoms with Crippen LogP contribution in [0.2, 0.25) is 5.02 Å². The summed E-state index contributed by atoms with van der Waals surface area (Å²) in [7, 11) is -4.00. The molecule has 1 amide bonds. The Morgan fingerprint density at radius 1 is 1.19 bits per heavy atom. The third-order valence-electron chi connectivity index (χ3n) is 4.47. The highest BCUT2D eigenvalue weighted by molar-refractivity contribution is 7.99. The van der Waals surface area contributed by atoms with Crippen molar-refractivity contribution in [1.29, 1.82) is 0 Å². The fourth-order valence-corrected chi connectivity index (χ4v) is 4.71. The lowest BCUT2D eigenvalue weighted by Gasteiger charge is -2.07. The van der Waals surface area contributed by atoms with E-state index in [4.69, 9.17) is 11.6 Å². The van der Waals surface area contributed by atoms with Crippen molar-refractivity contribution >= 4 is 44.8 Å². The van der Waals surface area contributed by atoms with Crippen LogP contribution in [0, 0.1) is 6.92 Å². The van der Waals surface area contributed by atoms with Crippen molar-refractivity contribution < 1.29 is 13.2 Å². The predicted octanol–water partition coefficient (Wildman–Crippen LogP) is 3.86. The summed E-state index contributed by atoms with van der Waals surface area (Å²) in [6.07, 6.45) is 1.79. The first-order valence-corrected chi connectivity index (χ1v) is 12.2. The number of carbonyl (C=O) groups excluding carboxylic acids is 1. The molecular formula is C21H20ClN3O4S2. The minimum atomic E-state index is -4.00. The molecule has 0 fully saturated rings. The van der Waals surface area contributed by atoms with E-state index in [1.54, 1.807) is 30.3 Å². The van der Waals surface area contributed by atoms with E-state index >= 15 is 0 Å². The van der Waals surface area contributed by atoms with Crippen LogP contribution >= 0.6 is 23.4 Å². The summed E-state index contributed by atoms with van der Waals surface area (Å²) in [4.78, 5) is 30.5. The molecule has 2 aromatic carbocycles. The van der Waals surface area contributed by atoms with Gasteiger partial charge in [0.2, 0.25) is 15.7 Å². The van der Waals surface area contributed by atoms with E-state index in [2.05, 4.69) is 15.3 Å². The molecule has 0 aliphatic carbocycles. The van der Waals surface area contributed by atoms with Crippen LogP contribution in [-0.2, 0) is 21.1 Å². The van der Waals surface area contributed by atoms with Crippen molar-refractivity contribution in [2.75, 3.05) is 11.1 Å². The van der Waals surface area contributed by atoms with Crippen molar-refractivity contribution in [3.05, 3.63) is 75.2 Å². The van der Waals surface area contributed by atoms with E-state index in [1.807, 2.05) is 13.8 Å². The summed E-state index contributed by atoms with van der Waals surface area (Å²) in [6.45, 7) is 3.82. The quantitative estimate of drug-likeness (QED) is 0.395. The summed E-state index contributed by atoms with van der Waals surface area (Å²) in [5.74, 6) is -0.348. The van der Waals surface area contributed by atoms with Gasteiger partial charge in [-0.15, -0.1) is 0 Å². The molecule has 2 N–H and O–H groups in total. The summed E-state index contributed by atoms with van der Waals surface area (Å²) in [5, 5.41) is 3.38. The first-order valence-electron chi connectivity index (χ1n) is 9.33. The minimum absolute atomic E-state index is 0.0218. The number of amides is 1. The average molecular weight is 478 g/mol. The molecule has 0 saturated carbocycles. The van der Waals surface area contributed by atoms with Crippen LogP contribution in [0.3, 0.4) is 0 Å². The molecule has 3 aromatic rings. The van der Waals surface area contributed by atoms with E-state index in [0.717, 1.165) is 35.5 Å². The average Bonchev–Trinajstić information content (AvgIpc) is 2.75. The molecule has 1 heterocycles. The number of anilines is 1. The molecule has 0 aliphatic rings. The third-order valence-corrected chi connectivity index (χ3v) is 7.53. The van der Waals surface area contributed by atoms with E-state index in [9.17, 15) is 18.0 Å². The maximum atomic E-state index is 12.7. The Kier molecular flexibility index (Phi) is 7.19. The molecule has 162 valence electrons. The number of carbonyl (C=O) groups is 1. The second-order valence-electron chi connectivity index (χ2n) is 6.68. The lowest BCUT2D eigenvalue weighted by Crippen LogP contribution is -2.20. The Hall–Kier alpha value is -2.62. The molecule has 0 spiro atoms. The molecule has 0 atom stereocenters. The van der Waals surface area contributed by atoms with Crippen LogP contribution < -0.4 is 10.9 Å². The third kappa shape index (κ3) is 5.55. The highest BCUT2D eigenvalue weighted by Gasteiger charge is 2.22. The van der Waals surface area contributed by atoms with Gasteiger partial charge in [-0.25, -0.2) is 13.4 Å². The SMILES string of the molecule is CCc1ccc(S(=O)(=O)c2cnc(SCC(=O)Nc3ccc(C)c(Cl)c3)[nH]c2=O)cc1. The van der Waals surface area contributed by atoms with Crippen LogP contribution in [0.25, 0.3) is 0 Å². The van der Waals surface area contributed by atoms with Crippen LogP contribution in [-0.4, -0.2) is 30.0 Å². The first kappa shape index (κ1) is 23.1. The van der Waals surface area contributed by atoms with Crippen LogP contribution in [0.15, 0.2) is 68.4 Å². The maximum absolute atomic E-state index is 12.7. The Morgan fingerprint density at radius 2 is 1.90 bits per heavy atom. The zero-order valence-electron chi connectivity index (χ0n) is 16.8. The van der Waals surface area contributed by atoms with Gasteiger partial charge in [-0.2, -0.15) is 0 Å². The zero-order chi connectivity index (χ0) is 22.6. The summed E-state index contributed by atoms with van der Waals surface area (Å²) in [6, 6.07) is 11.5. The normalized spacial score (nSPS) is 11.3. The number of nitrogens with zero attached hydrogens (tertiary/aromatic N) is 1. The number of hydrogen-bond donors (Lipinski definition) is 2. The van der Waals surface area contributed by atoms with Gasteiger partial charge in [0, 0.05) is 10.7 Å². The molecule has 1 aromatic heterocycles. The van der Waals surface area contributed by atoms with Gasteiger partial charge in [0.15, 0.2) is 10.1 Å². The molecular weight excluding hydrogens is 458 g/mol. The van der Waals surface area contributed by atoms with Crippen molar-refractivity contribution in [3.8, 4) is 0 Å². The lowest BCUT2D eigenvalue weighted by atomic mass is 10.2. The molecule has 10 heteroatoms. The van der Waals surface area contributed by atoms with Gasteiger partial charge in [0.25, 0.3) is 5.56 Å². The fraction of sp³-hybridized carbons (Fsp3) is 0.190.